The van der Waals surface area contributed by atoms with Crippen molar-refractivity contribution in [1.29, 1.82) is 0 Å². The summed E-state index contributed by atoms with van der Waals surface area (Å²) < 4.78 is 5.20. The van der Waals surface area contributed by atoms with Crippen molar-refractivity contribution in [3.05, 3.63) is 60.5 Å². The molecule has 1 fully saturated rings. The Labute approximate surface area is 168 Å². The molecule has 2 amide bonds. The van der Waals surface area contributed by atoms with Gasteiger partial charge in [-0.2, -0.15) is 0 Å². The third-order valence-electron chi connectivity index (χ3n) is 5.08. The second-order valence-electron chi connectivity index (χ2n) is 7.47. The minimum absolute atomic E-state index is 0.0364. The number of amides is 2. The topological polar surface area (TPSA) is 88.3 Å². The highest BCUT2D eigenvalue weighted by Crippen LogP contribution is 2.29. The van der Waals surface area contributed by atoms with E-state index in [0.29, 0.717) is 24.0 Å². The quantitative estimate of drug-likeness (QED) is 0.715. The summed E-state index contributed by atoms with van der Waals surface area (Å²) >= 11 is 0. The summed E-state index contributed by atoms with van der Waals surface area (Å²) in [5, 5.41) is 10.4. The van der Waals surface area contributed by atoms with Crippen LogP contribution in [0.5, 0.6) is 0 Å². The minimum atomic E-state index is -0.405. The van der Waals surface area contributed by atoms with E-state index in [2.05, 4.69) is 35.4 Å². The lowest BCUT2D eigenvalue weighted by molar-refractivity contribution is -0.122. The Kier molecular flexibility index (Phi) is 5.12. The molecule has 1 saturated heterocycles. The van der Waals surface area contributed by atoms with Crippen molar-refractivity contribution in [2.24, 2.45) is 5.92 Å². The van der Waals surface area contributed by atoms with Crippen LogP contribution < -0.4 is 10.2 Å². The molecule has 1 N–H and O–H groups in total. The monoisotopic (exact) mass is 390 g/mol. The first-order valence-electron chi connectivity index (χ1n) is 9.59. The van der Waals surface area contributed by atoms with Gasteiger partial charge in [-0.3, -0.25) is 9.59 Å². The second-order valence-corrected chi connectivity index (χ2v) is 7.47. The van der Waals surface area contributed by atoms with E-state index in [0.717, 1.165) is 11.3 Å². The van der Waals surface area contributed by atoms with Crippen LogP contribution >= 0.6 is 0 Å². The number of nitrogens with one attached hydrogen (secondary N) is 1. The van der Waals surface area contributed by atoms with Crippen LogP contribution in [0.2, 0.25) is 0 Å². The Morgan fingerprint density at radius 1 is 1.21 bits per heavy atom. The molecule has 2 aromatic carbocycles. The summed E-state index contributed by atoms with van der Waals surface area (Å²) in [6.45, 7) is 4.60. The molecule has 0 bridgehead atoms. The number of hydrogen-bond acceptors (Lipinski definition) is 5. The highest BCUT2D eigenvalue weighted by Gasteiger charge is 2.35. The van der Waals surface area contributed by atoms with Crippen LogP contribution in [0.1, 0.15) is 31.7 Å². The summed E-state index contributed by atoms with van der Waals surface area (Å²) in [5.74, 6) is 0.137. The van der Waals surface area contributed by atoms with Crippen LogP contribution in [-0.2, 0) is 9.59 Å². The number of benzene rings is 2. The summed E-state index contributed by atoms with van der Waals surface area (Å²) in [4.78, 5) is 27.0. The highest BCUT2D eigenvalue weighted by atomic mass is 16.4. The SMILES string of the molecule is CC(C)c1cccc(N2CC(C(=O)Nc3cccc(-c4nnco4)c3)CC2=O)c1. The highest BCUT2D eigenvalue weighted by molar-refractivity contribution is 6.03. The fraction of sp³-hybridized carbons (Fsp3) is 0.273. The molecule has 7 nitrogen and oxygen atoms in total. The molecule has 29 heavy (non-hydrogen) atoms. The fourth-order valence-electron chi connectivity index (χ4n) is 3.46. The first-order chi connectivity index (χ1) is 14.0. The average Bonchev–Trinajstić information content (AvgIpc) is 3.38. The van der Waals surface area contributed by atoms with Crippen LogP contribution in [0, 0.1) is 5.92 Å². The zero-order chi connectivity index (χ0) is 20.4. The van der Waals surface area contributed by atoms with Gasteiger partial charge in [0.2, 0.25) is 24.1 Å². The van der Waals surface area contributed by atoms with Crippen LogP contribution in [0.3, 0.4) is 0 Å². The van der Waals surface area contributed by atoms with Crippen molar-refractivity contribution >= 4 is 23.2 Å². The maximum atomic E-state index is 12.8. The van der Waals surface area contributed by atoms with Crippen LogP contribution in [0.4, 0.5) is 11.4 Å². The molecule has 1 aliphatic rings. The number of nitrogens with zero attached hydrogens (tertiary/aromatic N) is 3. The molecule has 0 saturated carbocycles. The molecular formula is C22H22N4O3. The van der Waals surface area contributed by atoms with Gasteiger partial charge in [-0.1, -0.05) is 32.0 Å². The first-order valence-corrected chi connectivity index (χ1v) is 9.59. The third kappa shape index (κ3) is 4.03. The Bertz CT molecular complexity index is 1030. The Hall–Kier alpha value is -3.48. The third-order valence-corrected chi connectivity index (χ3v) is 5.08. The summed E-state index contributed by atoms with van der Waals surface area (Å²) in [7, 11) is 0. The number of carbonyl (C=O) groups is 2. The van der Waals surface area contributed by atoms with Crippen LogP contribution in [-0.4, -0.2) is 28.6 Å². The van der Waals surface area contributed by atoms with E-state index in [1.165, 1.54) is 12.0 Å². The number of carbonyl (C=O) groups excluding carboxylic acids is 2. The Morgan fingerprint density at radius 3 is 2.79 bits per heavy atom. The van der Waals surface area contributed by atoms with Gasteiger partial charge in [-0.05, 0) is 41.8 Å². The van der Waals surface area contributed by atoms with Crippen molar-refractivity contribution < 1.29 is 14.0 Å². The molecule has 1 aromatic heterocycles. The molecule has 4 rings (SSSR count). The number of aromatic nitrogens is 2. The molecule has 0 radical (unpaired) electrons. The lowest BCUT2D eigenvalue weighted by Gasteiger charge is -2.18. The van der Waals surface area contributed by atoms with Gasteiger partial charge >= 0.3 is 0 Å². The lowest BCUT2D eigenvalue weighted by atomic mass is 10.0. The standard InChI is InChI=1S/C22H22N4O3/c1-14(2)15-5-4-8-19(10-15)26-12-17(11-20(26)27)21(28)24-18-7-3-6-16(9-18)22-25-23-13-29-22/h3-10,13-14,17H,11-12H2,1-2H3,(H,24,28). The van der Waals surface area contributed by atoms with Gasteiger partial charge in [0.05, 0.1) is 5.92 Å². The summed E-state index contributed by atoms with van der Waals surface area (Å²) in [6.07, 6.45) is 1.45. The number of anilines is 2. The van der Waals surface area contributed by atoms with E-state index in [4.69, 9.17) is 4.42 Å². The van der Waals surface area contributed by atoms with Gasteiger partial charge in [0.25, 0.3) is 0 Å². The van der Waals surface area contributed by atoms with Gasteiger partial charge in [0.15, 0.2) is 0 Å². The summed E-state index contributed by atoms with van der Waals surface area (Å²) in [6, 6.07) is 15.1. The van der Waals surface area contributed by atoms with Crippen LogP contribution in [0.25, 0.3) is 11.5 Å². The van der Waals surface area contributed by atoms with E-state index in [-0.39, 0.29) is 18.2 Å². The molecule has 1 aliphatic heterocycles. The van der Waals surface area contributed by atoms with E-state index < -0.39 is 5.92 Å². The number of rotatable bonds is 5. The molecule has 0 aliphatic carbocycles. The van der Waals surface area contributed by atoms with Crippen molar-refractivity contribution in [2.75, 3.05) is 16.8 Å². The molecule has 1 unspecified atom stereocenters. The predicted octanol–water partition coefficient (Wildman–Crippen LogP) is 3.85. The van der Waals surface area contributed by atoms with Crippen molar-refractivity contribution in [1.82, 2.24) is 10.2 Å². The fourth-order valence-corrected chi connectivity index (χ4v) is 3.46. The normalized spacial score (nSPS) is 16.4. The molecule has 0 spiro atoms. The van der Waals surface area contributed by atoms with E-state index in [9.17, 15) is 9.59 Å². The maximum Gasteiger partial charge on any atom is 0.247 e. The van der Waals surface area contributed by atoms with Gasteiger partial charge in [-0.15, -0.1) is 10.2 Å². The lowest BCUT2D eigenvalue weighted by Crippen LogP contribution is -2.28. The largest absolute Gasteiger partial charge is 0.423 e. The summed E-state index contributed by atoms with van der Waals surface area (Å²) in [5.41, 5.74) is 3.35. The van der Waals surface area contributed by atoms with E-state index >= 15 is 0 Å². The molecule has 3 aromatic rings. The molecule has 7 heteroatoms. The Balaban J connectivity index is 1.46. The van der Waals surface area contributed by atoms with Crippen LogP contribution in [0.15, 0.2) is 59.3 Å². The van der Waals surface area contributed by atoms with Gasteiger partial charge < -0.3 is 14.6 Å². The zero-order valence-electron chi connectivity index (χ0n) is 16.3. The molecule has 1 atom stereocenters. The minimum Gasteiger partial charge on any atom is -0.423 e. The number of hydrogen-bond donors (Lipinski definition) is 1. The van der Waals surface area contributed by atoms with Gasteiger partial charge in [0, 0.05) is 29.9 Å². The second kappa shape index (κ2) is 7.87. The Morgan fingerprint density at radius 2 is 2.03 bits per heavy atom. The average molecular weight is 390 g/mol. The maximum absolute atomic E-state index is 12.8. The van der Waals surface area contributed by atoms with Gasteiger partial charge in [-0.25, -0.2) is 0 Å². The van der Waals surface area contributed by atoms with Crippen molar-refractivity contribution in [3.8, 4) is 11.5 Å². The molecule has 2 heterocycles. The van der Waals surface area contributed by atoms with Crippen molar-refractivity contribution in [3.63, 3.8) is 0 Å². The predicted molar refractivity (Wildman–Crippen MR) is 109 cm³/mol. The molecule has 148 valence electrons. The smallest absolute Gasteiger partial charge is 0.247 e. The molecular weight excluding hydrogens is 368 g/mol. The van der Waals surface area contributed by atoms with E-state index in [1.54, 1.807) is 23.1 Å². The van der Waals surface area contributed by atoms with Gasteiger partial charge in [0.1, 0.15) is 0 Å². The van der Waals surface area contributed by atoms with E-state index in [1.807, 2.05) is 24.3 Å². The van der Waals surface area contributed by atoms with Crippen molar-refractivity contribution in [2.45, 2.75) is 26.2 Å². The zero-order valence-corrected chi connectivity index (χ0v) is 16.3. The first kappa shape index (κ1) is 18.9.